The van der Waals surface area contributed by atoms with Crippen molar-refractivity contribution in [1.82, 2.24) is 4.57 Å². The molecule has 0 radical (unpaired) electrons. The lowest BCUT2D eigenvalue weighted by molar-refractivity contribution is 1.20. The van der Waals surface area contributed by atoms with Crippen LogP contribution in [-0.4, -0.2) is 4.57 Å². The highest BCUT2D eigenvalue weighted by Crippen LogP contribution is 2.45. The molecule has 0 unspecified atom stereocenters. The highest BCUT2D eigenvalue weighted by Gasteiger charge is 2.18. The third kappa shape index (κ3) is 3.72. The van der Waals surface area contributed by atoms with Crippen LogP contribution in [0.5, 0.6) is 0 Å². The Labute approximate surface area is 267 Å². The van der Waals surface area contributed by atoms with Crippen LogP contribution in [0.2, 0.25) is 0 Å². The van der Waals surface area contributed by atoms with Crippen LogP contribution in [0.3, 0.4) is 0 Å². The van der Waals surface area contributed by atoms with Gasteiger partial charge in [0, 0.05) is 51.1 Å². The molecule has 3 aromatic heterocycles. The standard InChI is InChI=1S/C42H25NS2/c1-2-10-26(11-3-1)27-20-22-31-30-12-4-6-15-34(30)43(36(31)24-27)35-16-9-19-39-42(35)33-23-21-28(25-40(33)45-39)29-14-8-18-38-41(29)32-13-5-7-17-37(32)44-38/h1-25H. The maximum atomic E-state index is 2.48. The van der Waals surface area contributed by atoms with Gasteiger partial charge in [0.05, 0.1) is 16.7 Å². The van der Waals surface area contributed by atoms with E-state index in [1.807, 2.05) is 22.7 Å². The molecule has 0 saturated heterocycles. The van der Waals surface area contributed by atoms with Crippen LogP contribution >= 0.6 is 22.7 Å². The van der Waals surface area contributed by atoms with E-state index in [0.717, 1.165) is 0 Å². The Kier molecular flexibility index (Phi) is 5.39. The number of rotatable bonds is 3. The smallest absolute Gasteiger partial charge is 0.0555 e. The van der Waals surface area contributed by atoms with Crippen molar-refractivity contribution in [2.45, 2.75) is 0 Å². The molecular weight excluding hydrogens is 583 g/mol. The number of fused-ring (bicyclic) bond motifs is 9. The number of hydrogen-bond acceptors (Lipinski definition) is 2. The topological polar surface area (TPSA) is 4.93 Å². The molecular formula is C42H25NS2. The molecule has 0 amide bonds. The highest BCUT2D eigenvalue weighted by molar-refractivity contribution is 7.26. The van der Waals surface area contributed by atoms with Crippen molar-refractivity contribution in [1.29, 1.82) is 0 Å². The number of hydrogen-bond donors (Lipinski definition) is 0. The van der Waals surface area contributed by atoms with Crippen LogP contribution in [0.4, 0.5) is 0 Å². The third-order valence-corrected chi connectivity index (χ3v) is 11.5. The van der Waals surface area contributed by atoms with E-state index in [1.165, 1.54) is 90.1 Å². The minimum absolute atomic E-state index is 1.23. The molecule has 0 aliphatic rings. The first-order valence-corrected chi connectivity index (χ1v) is 16.9. The van der Waals surface area contributed by atoms with Crippen molar-refractivity contribution in [2.24, 2.45) is 0 Å². The van der Waals surface area contributed by atoms with Gasteiger partial charge >= 0.3 is 0 Å². The summed E-state index contributed by atoms with van der Waals surface area (Å²) in [6.07, 6.45) is 0. The molecule has 7 aromatic carbocycles. The van der Waals surface area contributed by atoms with E-state index >= 15 is 0 Å². The third-order valence-electron chi connectivity index (χ3n) is 9.21. The van der Waals surface area contributed by atoms with Gasteiger partial charge in [-0.05, 0) is 64.7 Å². The normalized spacial score (nSPS) is 12.0. The van der Waals surface area contributed by atoms with Gasteiger partial charge in [0.25, 0.3) is 0 Å². The van der Waals surface area contributed by atoms with Gasteiger partial charge in [0.1, 0.15) is 0 Å². The first-order valence-electron chi connectivity index (χ1n) is 15.3. The zero-order chi connectivity index (χ0) is 29.5. The minimum Gasteiger partial charge on any atom is -0.309 e. The molecule has 0 bridgehead atoms. The van der Waals surface area contributed by atoms with E-state index in [2.05, 4.69) is 156 Å². The Bertz CT molecular complexity index is 2760. The summed E-state index contributed by atoms with van der Waals surface area (Å²) in [6.45, 7) is 0. The maximum Gasteiger partial charge on any atom is 0.0555 e. The second-order valence-corrected chi connectivity index (χ2v) is 13.9. The molecule has 1 nitrogen and oxygen atoms in total. The quantitative estimate of drug-likeness (QED) is 0.188. The van der Waals surface area contributed by atoms with Gasteiger partial charge in [-0.25, -0.2) is 0 Å². The largest absolute Gasteiger partial charge is 0.309 e. The van der Waals surface area contributed by atoms with Gasteiger partial charge < -0.3 is 4.57 Å². The van der Waals surface area contributed by atoms with Crippen molar-refractivity contribution in [2.75, 3.05) is 0 Å². The SMILES string of the molecule is c1ccc(-c2ccc3c4ccccc4n(-c4cccc5sc6cc(-c7cccc8sc9ccccc9c78)ccc6c45)c3c2)cc1. The molecule has 3 heterocycles. The number of thiophene rings is 2. The monoisotopic (exact) mass is 607 g/mol. The van der Waals surface area contributed by atoms with Crippen molar-refractivity contribution < 1.29 is 0 Å². The van der Waals surface area contributed by atoms with Crippen LogP contribution in [0.25, 0.3) is 90.1 Å². The van der Waals surface area contributed by atoms with Crippen LogP contribution in [0.15, 0.2) is 152 Å². The second-order valence-electron chi connectivity index (χ2n) is 11.7. The molecule has 0 saturated carbocycles. The molecule has 0 spiro atoms. The van der Waals surface area contributed by atoms with Crippen LogP contribution in [-0.2, 0) is 0 Å². The molecule has 0 atom stereocenters. The van der Waals surface area contributed by atoms with E-state index < -0.39 is 0 Å². The van der Waals surface area contributed by atoms with Crippen molar-refractivity contribution >= 4 is 84.8 Å². The first kappa shape index (κ1) is 25.1. The summed E-state index contributed by atoms with van der Waals surface area (Å²) in [4.78, 5) is 0. The Balaban J connectivity index is 1.23. The summed E-state index contributed by atoms with van der Waals surface area (Å²) in [5, 5.41) is 7.88. The number of benzene rings is 7. The lowest BCUT2D eigenvalue weighted by Gasteiger charge is -2.11. The summed E-state index contributed by atoms with van der Waals surface area (Å²) in [7, 11) is 0. The lowest BCUT2D eigenvalue weighted by atomic mass is 9.98. The predicted molar refractivity (Wildman–Crippen MR) is 197 cm³/mol. The van der Waals surface area contributed by atoms with Crippen molar-refractivity contribution in [3.05, 3.63) is 152 Å². The molecule has 210 valence electrons. The summed E-state index contributed by atoms with van der Waals surface area (Å²) >= 11 is 3.77. The lowest BCUT2D eigenvalue weighted by Crippen LogP contribution is -1.94. The molecule has 10 aromatic rings. The minimum atomic E-state index is 1.23. The first-order chi connectivity index (χ1) is 22.3. The van der Waals surface area contributed by atoms with Gasteiger partial charge in [-0.15, -0.1) is 22.7 Å². The van der Waals surface area contributed by atoms with E-state index in [9.17, 15) is 0 Å². The summed E-state index contributed by atoms with van der Waals surface area (Å²) in [5.74, 6) is 0. The summed E-state index contributed by atoms with van der Waals surface area (Å²) < 4.78 is 7.79. The fraction of sp³-hybridized carbons (Fsp3) is 0. The van der Waals surface area contributed by atoms with Gasteiger partial charge in [-0.1, -0.05) is 109 Å². The number of para-hydroxylation sites is 1. The Morgan fingerprint density at radius 2 is 1.00 bits per heavy atom. The Morgan fingerprint density at radius 3 is 1.91 bits per heavy atom. The molecule has 45 heavy (non-hydrogen) atoms. The fourth-order valence-corrected chi connectivity index (χ4v) is 9.51. The summed E-state index contributed by atoms with van der Waals surface area (Å²) in [5.41, 5.74) is 8.74. The Morgan fingerprint density at radius 1 is 0.356 bits per heavy atom. The average Bonchev–Trinajstić information content (AvgIpc) is 3.77. The molecule has 0 aliphatic heterocycles. The Hall–Kier alpha value is -5.22. The van der Waals surface area contributed by atoms with E-state index in [1.54, 1.807) is 0 Å². The molecule has 0 fully saturated rings. The van der Waals surface area contributed by atoms with E-state index in [4.69, 9.17) is 0 Å². The molecule has 10 rings (SSSR count). The van der Waals surface area contributed by atoms with E-state index in [0.29, 0.717) is 0 Å². The molecule has 3 heteroatoms. The summed E-state index contributed by atoms with van der Waals surface area (Å²) in [6, 6.07) is 55.8. The van der Waals surface area contributed by atoms with Gasteiger partial charge in [0.2, 0.25) is 0 Å². The second kappa shape index (κ2) is 9.64. The van der Waals surface area contributed by atoms with Gasteiger partial charge in [-0.3, -0.25) is 0 Å². The van der Waals surface area contributed by atoms with Crippen LogP contribution < -0.4 is 0 Å². The van der Waals surface area contributed by atoms with Crippen molar-refractivity contribution in [3.63, 3.8) is 0 Å². The van der Waals surface area contributed by atoms with Gasteiger partial charge in [0.15, 0.2) is 0 Å². The fourth-order valence-electron chi connectivity index (χ4n) is 7.22. The number of nitrogens with zero attached hydrogens (tertiary/aromatic N) is 1. The van der Waals surface area contributed by atoms with Crippen molar-refractivity contribution in [3.8, 4) is 27.9 Å². The number of aromatic nitrogens is 1. The zero-order valence-electron chi connectivity index (χ0n) is 24.2. The molecule has 0 N–H and O–H groups in total. The zero-order valence-corrected chi connectivity index (χ0v) is 25.8. The van der Waals surface area contributed by atoms with Crippen LogP contribution in [0.1, 0.15) is 0 Å². The molecule has 0 aliphatic carbocycles. The predicted octanol–water partition coefficient (Wildman–Crippen LogP) is 12.9. The highest BCUT2D eigenvalue weighted by atomic mass is 32.1. The average molecular weight is 608 g/mol. The van der Waals surface area contributed by atoms with Gasteiger partial charge in [-0.2, -0.15) is 0 Å². The maximum absolute atomic E-state index is 2.48. The van der Waals surface area contributed by atoms with E-state index in [-0.39, 0.29) is 0 Å². The van der Waals surface area contributed by atoms with Crippen LogP contribution in [0, 0.1) is 0 Å².